The van der Waals surface area contributed by atoms with Crippen LogP contribution in [0.5, 0.6) is 0 Å². The van der Waals surface area contributed by atoms with E-state index in [4.69, 9.17) is 14.2 Å². The molecule has 0 aliphatic rings. The molecular weight excluding hydrogens is 877 g/mol. The molecule has 6 nitrogen and oxygen atoms in total. The number of hydrogen-bond donors (Lipinski definition) is 0. The zero-order valence-electron chi connectivity index (χ0n) is 47.8. The van der Waals surface area contributed by atoms with Crippen LogP contribution in [0.4, 0.5) is 0 Å². The fraction of sp³-hybridized carbons (Fsp3) is 0.862. The molecule has 0 N–H and O–H groups in total. The molecule has 0 aromatic carbocycles. The van der Waals surface area contributed by atoms with Gasteiger partial charge in [0.25, 0.3) is 0 Å². The highest BCUT2D eigenvalue weighted by Crippen LogP contribution is 2.17. The fourth-order valence-corrected chi connectivity index (χ4v) is 9.35. The fourth-order valence-electron chi connectivity index (χ4n) is 9.35. The molecular formula is C65H120O6. The van der Waals surface area contributed by atoms with Crippen molar-refractivity contribution in [1.29, 1.82) is 0 Å². The van der Waals surface area contributed by atoms with E-state index in [-0.39, 0.29) is 31.1 Å². The summed E-state index contributed by atoms with van der Waals surface area (Å²) in [5.74, 6) is -0.856. The van der Waals surface area contributed by atoms with Gasteiger partial charge >= 0.3 is 17.9 Å². The van der Waals surface area contributed by atoms with E-state index in [1.165, 1.54) is 238 Å². The quantitative estimate of drug-likeness (QED) is 0.0261. The minimum Gasteiger partial charge on any atom is -0.462 e. The van der Waals surface area contributed by atoms with E-state index >= 15 is 0 Å². The third-order valence-electron chi connectivity index (χ3n) is 14.1. The molecule has 0 rings (SSSR count). The molecule has 0 aliphatic carbocycles. The van der Waals surface area contributed by atoms with Gasteiger partial charge in [0.2, 0.25) is 0 Å². The average molecular weight is 998 g/mol. The third kappa shape index (κ3) is 58.4. The lowest BCUT2D eigenvalue weighted by atomic mass is 10.0. The summed E-state index contributed by atoms with van der Waals surface area (Å²) in [4.78, 5) is 38.3. The van der Waals surface area contributed by atoms with Crippen molar-refractivity contribution in [3.8, 4) is 0 Å². The second-order valence-corrected chi connectivity index (χ2v) is 21.3. The number of rotatable bonds is 58. The molecule has 0 aliphatic heterocycles. The number of unbranched alkanes of at least 4 members (excludes halogenated alkanes) is 41. The van der Waals surface area contributed by atoms with Crippen LogP contribution in [0, 0.1) is 0 Å². The maximum absolute atomic E-state index is 12.9. The van der Waals surface area contributed by atoms with Crippen LogP contribution < -0.4 is 0 Å². The second kappa shape index (κ2) is 60.2. The van der Waals surface area contributed by atoms with Crippen LogP contribution in [0.1, 0.15) is 342 Å². The van der Waals surface area contributed by atoms with E-state index < -0.39 is 6.10 Å². The summed E-state index contributed by atoms with van der Waals surface area (Å²) < 4.78 is 16.9. The highest BCUT2D eigenvalue weighted by atomic mass is 16.6. The Morgan fingerprint density at radius 2 is 0.507 bits per heavy atom. The van der Waals surface area contributed by atoms with Gasteiger partial charge in [0.1, 0.15) is 13.2 Å². The first-order chi connectivity index (χ1) is 35.0. The van der Waals surface area contributed by atoms with Crippen molar-refractivity contribution in [2.24, 2.45) is 0 Å². The molecule has 0 bridgehead atoms. The van der Waals surface area contributed by atoms with Crippen LogP contribution in [0.3, 0.4) is 0 Å². The van der Waals surface area contributed by atoms with Crippen LogP contribution >= 0.6 is 0 Å². The van der Waals surface area contributed by atoms with Gasteiger partial charge < -0.3 is 14.2 Å². The molecule has 0 amide bonds. The zero-order valence-corrected chi connectivity index (χ0v) is 47.8. The van der Waals surface area contributed by atoms with Crippen molar-refractivity contribution in [2.45, 2.75) is 348 Å². The van der Waals surface area contributed by atoms with E-state index in [9.17, 15) is 14.4 Å². The number of allylic oxidation sites excluding steroid dienone is 6. The highest BCUT2D eigenvalue weighted by molar-refractivity contribution is 5.71. The van der Waals surface area contributed by atoms with Gasteiger partial charge in [0, 0.05) is 19.3 Å². The highest BCUT2D eigenvalue weighted by Gasteiger charge is 2.19. The van der Waals surface area contributed by atoms with Crippen molar-refractivity contribution >= 4 is 17.9 Å². The Labute approximate surface area is 442 Å². The summed E-state index contributed by atoms with van der Waals surface area (Å²) in [5, 5.41) is 0. The second-order valence-electron chi connectivity index (χ2n) is 21.3. The summed E-state index contributed by atoms with van der Waals surface area (Å²) in [6, 6.07) is 0. The van der Waals surface area contributed by atoms with Gasteiger partial charge in [-0.15, -0.1) is 0 Å². The molecule has 0 saturated heterocycles. The normalized spacial score (nSPS) is 12.2. The summed E-state index contributed by atoms with van der Waals surface area (Å²) in [6.45, 7) is 6.66. The summed E-state index contributed by atoms with van der Waals surface area (Å²) in [6.07, 6.45) is 72.8. The van der Waals surface area contributed by atoms with Crippen LogP contribution in [0.15, 0.2) is 36.5 Å². The van der Waals surface area contributed by atoms with Crippen molar-refractivity contribution in [3.05, 3.63) is 36.5 Å². The van der Waals surface area contributed by atoms with Crippen LogP contribution in [-0.2, 0) is 28.6 Å². The molecule has 1 atom stereocenters. The third-order valence-corrected chi connectivity index (χ3v) is 14.1. The van der Waals surface area contributed by atoms with E-state index in [2.05, 4.69) is 57.2 Å². The largest absolute Gasteiger partial charge is 0.462 e. The molecule has 416 valence electrons. The Hall–Kier alpha value is -2.37. The van der Waals surface area contributed by atoms with Gasteiger partial charge in [0.15, 0.2) is 6.10 Å². The Morgan fingerprint density at radius 3 is 0.817 bits per heavy atom. The summed E-state index contributed by atoms with van der Waals surface area (Å²) in [5.41, 5.74) is 0. The van der Waals surface area contributed by atoms with Crippen LogP contribution in [0.25, 0.3) is 0 Å². The molecule has 0 radical (unpaired) electrons. The monoisotopic (exact) mass is 997 g/mol. The molecule has 0 unspecified atom stereocenters. The van der Waals surface area contributed by atoms with E-state index in [1.54, 1.807) is 0 Å². The topological polar surface area (TPSA) is 78.9 Å². The van der Waals surface area contributed by atoms with Gasteiger partial charge in [-0.3, -0.25) is 14.4 Å². The van der Waals surface area contributed by atoms with E-state index in [1.807, 2.05) is 0 Å². The zero-order chi connectivity index (χ0) is 51.4. The molecule has 0 aromatic heterocycles. The van der Waals surface area contributed by atoms with Crippen molar-refractivity contribution in [1.82, 2.24) is 0 Å². The Balaban J connectivity index is 4.34. The Morgan fingerprint density at radius 1 is 0.282 bits per heavy atom. The Kier molecular flexibility index (Phi) is 58.2. The average Bonchev–Trinajstić information content (AvgIpc) is 3.37. The van der Waals surface area contributed by atoms with Crippen LogP contribution in [-0.4, -0.2) is 37.2 Å². The SMILES string of the molecule is CCCCC/C=C\C/C=C\CCCCCCCCCCCC(=O)OC[C@@H](COC(=O)CCCCCCCCCCCCCCCCCCC)OC(=O)CCCCCCCCC/C=C\CCCCCCCC. The number of esters is 3. The Bertz CT molecular complexity index is 1190. The maximum Gasteiger partial charge on any atom is 0.306 e. The number of hydrogen-bond acceptors (Lipinski definition) is 6. The van der Waals surface area contributed by atoms with Gasteiger partial charge in [-0.1, -0.05) is 282 Å². The maximum atomic E-state index is 12.9. The first-order valence-corrected chi connectivity index (χ1v) is 31.5. The van der Waals surface area contributed by atoms with Crippen molar-refractivity contribution < 1.29 is 28.6 Å². The van der Waals surface area contributed by atoms with Crippen molar-refractivity contribution in [2.75, 3.05) is 13.2 Å². The number of carbonyl (C=O) groups excluding carboxylic acids is 3. The molecule has 71 heavy (non-hydrogen) atoms. The van der Waals surface area contributed by atoms with E-state index in [0.717, 1.165) is 64.2 Å². The van der Waals surface area contributed by atoms with Gasteiger partial charge in [0.05, 0.1) is 0 Å². The number of carbonyl (C=O) groups is 3. The smallest absolute Gasteiger partial charge is 0.306 e. The lowest BCUT2D eigenvalue weighted by Crippen LogP contribution is -2.30. The standard InChI is InChI=1S/C65H120O6/c1-4-7-10-13-16-19-22-25-28-31-32-35-37-40-43-46-49-52-55-58-64(67)70-61-62(71-65(68)59-56-53-50-47-44-41-38-34-30-27-24-21-18-15-12-9-6-3)60-69-63(66)57-54-51-48-45-42-39-36-33-29-26-23-20-17-14-11-8-5-2/h16,19,25,27-28,30,62H,4-15,17-18,20-24,26,29,31-61H2,1-3H3/b19-16-,28-25-,30-27-/t62-/m1/s1. The van der Waals surface area contributed by atoms with Gasteiger partial charge in [-0.25, -0.2) is 0 Å². The predicted molar refractivity (Wildman–Crippen MR) is 307 cm³/mol. The first kappa shape index (κ1) is 68.6. The molecule has 6 heteroatoms. The minimum atomic E-state index is -0.774. The molecule has 0 aromatic rings. The van der Waals surface area contributed by atoms with Crippen molar-refractivity contribution in [3.63, 3.8) is 0 Å². The van der Waals surface area contributed by atoms with Crippen LogP contribution in [0.2, 0.25) is 0 Å². The lowest BCUT2D eigenvalue weighted by molar-refractivity contribution is -0.167. The molecule has 0 spiro atoms. The summed E-state index contributed by atoms with van der Waals surface area (Å²) in [7, 11) is 0. The first-order valence-electron chi connectivity index (χ1n) is 31.5. The molecule has 0 saturated carbocycles. The van der Waals surface area contributed by atoms with Gasteiger partial charge in [-0.2, -0.15) is 0 Å². The number of ether oxygens (including phenoxy) is 3. The lowest BCUT2D eigenvalue weighted by Gasteiger charge is -2.18. The van der Waals surface area contributed by atoms with E-state index in [0.29, 0.717) is 19.3 Å². The molecule has 0 heterocycles. The summed E-state index contributed by atoms with van der Waals surface area (Å²) >= 11 is 0. The predicted octanol–water partition coefficient (Wildman–Crippen LogP) is 21.2. The van der Waals surface area contributed by atoms with Gasteiger partial charge in [-0.05, 0) is 77.0 Å². The minimum absolute atomic E-state index is 0.0708. The molecule has 0 fully saturated rings.